The monoisotopic (exact) mass is 528 g/mol. The van der Waals surface area contributed by atoms with Gasteiger partial charge in [0.2, 0.25) is 5.91 Å². The van der Waals surface area contributed by atoms with Crippen LogP contribution in [0.1, 0.15) is 19.3 Å². The van der Waals surface area contributed by atoms with Crippen molar-refractivity contribution in [1.82, 2.24) is 9.88 Å². The van der Waals surface area contributed by atoms with Crippen LogP contribution in [0.3, 0.4) is 0 Å². The Morgan fingerprint density at radius 3 is 2.55 bits per heavy atom. The second kappa shape index (κ2) is 13.1. The van der Waals surface area contributed by atoms with Crippen LogP contribution in [-0.4, -0.2) is 53.7 Å². The molecular formula is C22H26Cl2N4O3S2. The van der Waals surface area contributed by atoms with Crippen molar-refractivity contribution in [2.45, 2.75) is 24.2 Å². The largest absolute Gasteiger partial charge is 0.309 e. The van der Waals surface area contributed by atoms with Crippen LogP contribution in [0, 0.1) is 10.1 Å². The summed E-state index contributed by atoms with van der Waals surface area (Å²) in [5.41, 5.74) is 0.691. The third-order valence-corrected chi connectivity index (χ3v) is 7.10. The summed E-state index contributed by atoms with van der Waals surface area (Å²) in [4.78, 5) is 33.2. The number of carbonyl (C=O) groups excluding carboxylic acids is 1. The number of carbonyl (C=O) groups is 1. The number of halogens is 2. The van der Waals surface area contributed by atoms with E-state index in [9.17, 15) is 14.9 Å². The van der Waals surface area contributed by atoms with Gasteiger partial charge in [-0.2, -0.15) is 0 Å². The fraction of sp³-hybridized carbons (Fsp3) is 0.364. The van der Waals surface area contributed by atoms with Crippen molar-refractivity contribution >= 4 is 74.0 Å². The summed E-state index contributed by atoms with van der Waals surface area (Å²) in [5, 5.41) is 12.4. The second-order valence-electron chi connectivity index (χ2n) is 7.51. The molecule has 0 fully saturated rings. The van der Waals surface area contributed by atoms with Crippen LogP contribution in [0.15, 0.2) is 47.4 Å². The van der Waals surface area contributed by atoms with Crippen LogP contribution < -0.4 is 4.90 Å². The van der Waals surface area contributed by atoms with Crippen LogP contribution >= 0.6 is 47.1 Å². The summed E-state index contributed by atoms with van der Waals surface area (Å²) >= 11 is 8.94. The average Bonchev–Trinajstić information content (AvgIpc) is 3.18. The summed E-state index contributed by atoms with van der Waals surface area (Å²) in [6.07, 6.45) is 1.97. The first-order valence-corrected chi connectivity index (χ1v) is 12.4. The van der Waals surface area contributed by atoms with Gasteiger partial charge in [0, 0.05) is 35.0 Å². The number of benzene rings is 2. The Hall–Kier alpha value is -1.91. The van der Waals surface area contributed by atoms with Crippen molar-refractivity contribution in [3.63, 3.8) is 0 Å². The van der Waals surface area contributed by atoms with E-state index < -0.39 is 4.92 Å². The lowest BCUT2D eigenvalue weighted by molar-refractivity contribution is -0.384. The van der Waals surface area contributed by atoms with Crippen molar-refractivity contribution in [3.05, 3.63) is 57.6 Å². The summed E-state index contributed by atoms with van der Waals surface area (Å²) in [7, 11) is 3.99. The third-order valence-electron chi connectivity index (χ3n) is 4.71. The van der Waals surface area contributed by atoms with Gasteiger partial charge in [-0.05, 0) is 69.6 Å². The lowest BCUT2D eigenvalue weighted by atomic mass is 10.3. The smallest absolute Gasteiger partial charge is 0.270 e. The van der Waals surface area contributed by atoms with Crippen molar-refractivity contribution in [3.8, 4) is 0 Å². The number of hydrogen-bond acceptors (Lipinski definition) is 7. The molecule has 0 atom stereocenters. The van der Waals surface area contributed by atoms with Crippen LogP contribution in [-0.2, 0) is 4.79 Å². The van der Waals surface area contributed by atoms with E-state index in [0.29, 0.717) is 33.3 Å². The molecule has 1 amide bonds. The van der Waals surface area contributed by atoms with Crippen LogP contribution in [0.4, 0.5) is 10.8 Å². The Morgan fingerprint density at radius 1 is 1.15 bits per heavy atom. The molecule has 0 spiro atoms. The topological polar surface area (TPSA) is 79.6 Å². The molecule has 0 radical (unpaired) electrons. The summed E-state index contributed by atoms with van der Waals surface area (Å²) < 4.78 is 0.706. The van der Waals surface area contributed by atoms with Crippen molar-refractivity contribution in [1.29, 1.82) is 0 Å². The number of nitrogens with zero attached hydrogens (tertiary/aromatic N) is 4. The molecule has 3 rings (SSSR count). The minimum atomic E-state index is -0.419. The van der Waals surface area contributed by atoms with Crippen molar-refractivity contribution in [2.75, 3.05) is 37.8 Å². The number of anilines is 1. The van der Waals surface area contributed by atoms with E-state index in [1.54, 1.807) is 22.7 Å². The number of hydrogen-bond donors (Lipinski definition) is 0. The number of rotatable bonds is 11. The summed E-state index contributed by atoms with van der Waals surface area (Å²) in [6, 6.07) is 12.3. The molecule has 0 aliphatic rings. The lowest BCUT2D eigenvalue weighted by Gasteiger charge is -2.21. The standard InChI is InChI=1S/C22H25ClN4O3S2.ClH/c1-25(2)12-4-13-26(21(28)5-3-14-31-18-9-6-16(23)7-10-18)22-24-19-11-8-17(27(29)30)15-20(19)32-22;/h6-11,15H,3-5,12-14H2,1-2H3;1H. The van der Waals surface area contributed by atoms with Crippen LogP contribution in [0.5, 0.6) is 0 Å². The Balaban J connectivity index is 0.00000385. The van der Waals surface area contributed by atoms with Crippen molar-refractivity contribution in [2.24, 2.45) is 0 Å². The van der Waals surface area contributed by atoms with E-state index >= 15 is 0 Å². The molecule has 3 aromatic rings. The minimum Gasteiger partial charge on any atom is -0.309 e. The van der Waals surface area contributed by atoms with Gasteiger partial charge in [0.05, 0.1) is 15.1 Å². The van der Waals surface area contributed by atoms with E-state index in [2.05, 4.69) is 9.88 Å². The molecule has 11 heteroatoms. The van der Waals surface area contributed by atoms with Gasteiger partial charge in [0.1, 0.15) is 0 Å². The normalized spacial score (nSPS) is 10.9. The number of aromatic nitrogens is 1. The number of non-ortho nitro benzene ring substituents is 1. The number of nitro groups is 1. The Morgan fingerprint density at radius 2 is 1.88 bits per heavy atom. The maximum Gasteiger partial charge on any atom is 0.270 e. The molecule has 178 valence electrons. The molecule has 0 unspecified atom stereocenters. The molecule has 0 N–H and O–H groups in total. The Labute approximate surface area is 212 Å². The van der Waals surface area contributed by atoms with Gasteiger partial charge in [-0.25, -0.2) is 4.98 Å². The molecule has 33 heavy (non-hydrogen) atoms. The molecule has 0 aliphatic carbocycles. The predicted molar refractivity (Wildman–Crippen MR) is 140 cm³/mol. The first kappa shape index (κ1) is 27.3. The quantitative estimate of drug-likeness (QED) is 0.129. The number of thioether (sulfide) groups is 1. The van der Waals surface area contributed by atoms with Crippen molar-refractivity contribution < 1.29 is 9.72 Å². The van der Waals surface area contributed by atoms with Gasteiger partial charge in [0.15, 0.2) is 5.13 Å². The van der Waals surface area contributed by atoms with E-state index in [1.807, 2.05) is 38.4 Å². The fourth-order valence-corrected chi connectivity index (χ4v) is 5.10. The van der Waals surface area contributed by atoms with Gasteiger partial charge in [-0.1, -0.05) is 22.9 Å². The number of thiazole rings is 1. The number of nitro benzene ring substituents is 1. The van der Waals surface area contributed by atoms with E-state index in [-0.39, 0.29) is 24.0 Å². The Kier molecular flexibility index (Phi) is 10.9. The first-order valence-electron chi connectivity index (χ1n) is 10.2. The molecule has 7 nitrogen and oxygen atoms in total. The maximum atomic E-state index is 13.1. The lowest BCUT2D eigenvalue weighted by Crippen LogP contribution is -2.33. The van der Waals surface area contributed by atoms with Gasteiger partial charge >= 0.3 is 0 Å². The highest BCUT2D eigenvalue weighted by atomic mass is 35.5. The average molecular weight is 530 g/mol. The highest BCUT2D eigenvalue weighted by Gasteiger charge is 2.20. The van der Waals surface area contributed by atoms with Crippen LogP contribution in [0.25, 0.3) is 10.2 Å². The Bertz CT molecular complexity index is 1080. The fourth-order valence-electron chi connectivity index (χ4n) is 3.08. The highest BCUT2D eigenvalue weighted by Crippen LogP contribution is 2.32. The molecule has 0 saturated heterocycles. The van der Waals surface area contributed by atoms with Gasteiger partial charge < -0.3 is 4.90 Å². The third kappa shape index (κ3) is 8.12. The maximum absolute atomic E-state index is 13.1. The molecule has 1 heterocycles. The highest BCUT2D eigenvalue weighted by molar-refractivity contribution is 7.99. The number of amides is 1. The summed E-state index contributed by atoms with van der Waals surface area (Å²) in [5.74, 6) is 0.847. The minimum absolute atomic E-state index is 0. The van der Waals surface area contributed by atoms with E-state index in [1.165, 1.54) is 23.5 Å². The zero-order chi connectivity index (χ0) is 23.1. The molecule has 0 saturated carbocycles. The van der Waals surface area contributed by atoms with E-state index in [4.69, 9.17) is 11.6 Å². The second-order valence-corrected chi connectivity index (χ2v) is 10.1. The van der Waals surface area contributed by atoms with Gasteiger partial charge in [-0.3, -0.25) is 19.8 Å². The molecule has 1 aromatic heterocycles. The molecule has 2 aromatic carbocycles. The number of fused-ring (bicyclic) bond motifs is 1. The molecule has 0 bridgehead atoms. The van der Waals surface area contributed by atoms with Gasteiger partial charge in [-0.15, -0.1) is 24.2 Å². The zero-order valence-corrected chi connectivity index (χ0v) is 21.6. The SMILES string of the molecule is CN(C)CCCN(C(=O)CCCSc1ccc(Cl)cc1)c1nc2ccc([N+](=O)[O-])cc2s1.Cl. The first-order chi connectivity index (χ1) is 15.3. The van der Waals surface area contributed by atoms with Gasteiger partial charge in [0.25, 0.3) is 5.69 Å². The van der Waals surface area contributed by atoms with E-state index in [0.717, 1.165) is 30.0 Å². The predicted octanol–water partition coefficient (Wildman–Crippen LogP) is 6.14. The zero-order valence-electron chi connectivity index (χ0n) is 18.4. The summed E-state index contributed by atoms with van der Waals surface area (Å²) in [6.45, 7) is 1.41. The molecular weight excluding hydrogens is 503 g/mol. The van der Waals surface area contributed by atoms with Crippen LogP contribution in [0.2, 0.25) is 5.02 Å². The molecule has 0 aliphatic heterocycles.